The van der Waals surface area contributed by atoms with Gasteiger partial charge in [0, 0.05) is 12.0 Å². The summed E-state index contributed by atoms with van der Waals surface area (Å²) in [6.07, 6.45) is 2.17. The van der Waals surface area contributed by atoms with E-state index in [9.17, 15) is 9.59 Å². The zero-order valence-corrected chi connectivity index (χ0v) is 16.9. The zero-order chi connectivity index (χ0) is 19.5. The highest BCUT2D eigenvalue weighted by Crippen LogP contribution is 2.32. The summed E-state index contributed by atoms with van der Waals surface area (Å²) in [5, 5.41) is 5.04. The van der Waals surface area contributed by atoms with Gasteiger partial charge < -0.3 is 16.4 Å². The van der Waals surface area contributed by atoms with Crippen molar-refractivity contribution in [3.8, 4) is 0 Å². The molecule has 0 saturated carbocycles. The Kier molecular flexibility index (Phi) is 6.35. The van der Waals surface area contributed by atoms with Gasteiger partial charge in [-0.05, 0) is 38.0 Å². The number of rotatable bonds is 6. The van der Waals surface area contributed by atoms with Crippen molar-refractivity contribution in [1.82, 2.24) is 9.88 Å². The fraction of sp³-hybridized carbons (Fsp3) is 0.471. The molecular weight excluding hydrogens is 370 g/mol. The van der Waals surface area contributed by atoms with Crippen molar-refractivity contribution < 1.29 is 9.59 Å². The van der Waals surface area contributed by atoms with Crippen LogP contribution in [0.15, 0.2) is 16.9 Å². The number of carbonyl (C=O) groups excluding carboxylic acids is 2. The minimum absolute atomic E-state index is 0.375. The zero-order valence-electron chi connectivity index (χ0n) is 15.3. The molecule has 1 atom stereocenters. The molecule has 1 aliphatic rings. The lowest BCUT2D eigenvalue weighted by atomic mass is 9.98. The lowest BCUT2D eigenvalue weighted by Crippen LogP contribution is -2.55. The lowest BCUT2D eigenvalue weighted by molar-refractivity contribution is -0.126. The average Bonchev–Trinajstić information content (AvgIpc) is 3.16. The van der Waals surface area contributed by atoms with E-state index in [1.165, 1.54) is 28.0 Å². The largest absolute Gasteiger partial charge is 0.397 e. The summed E-state index contributed by atoms with van der Waals surface area (Å²) in [5.41, 5.74) is 12.0. The number of thiazole rings is 1. The van der Waals surface area contributed by atoms with E-state index in [0.717, 1.165) is 28.3 Å². The van der Waals surface area contributed by atoms with E-state index >= 15 is 0 Å². The maximum atomic E-state index is 12.6. The molecule has 142 valence electrons. The van der Waals surface area contributed by atoms with Gasteiger partial charge in [0.25, 0.3) is 0 Å². The number of aryl methyl sites for hydroxylation is 1. The van der Waals surface area contributed by atoms with E-state index in [2.05, 4.69) is 16.9 Å². The molecule has 1 aliphatic heterocycles. The number of nitrogens with two attached hydrogens (primary N) is 2. The van der Waals surface area contributed by atoms with Crippen LogP contribution in [0.3, 0.4) is 0 Å². The number of primary amides is 1. The standard InChI is InChI=1S/C17H25N5O2S2/c1-5-10(2)25-9-12(18)13-11(3)20-15(26-13)21-16(24)22-8-6-7-17(22,4)14(19)23/h9H,2,5-8,18H2,1,3-4H3,(H2,19,23)(H,20,21,24)/b12-9-/t17-/m0/s1. The van der Waals surface area contributed by atoms with Crippen LogP contribution in [0.2, 0.25) is 0 Å². The second-order valence-corrected chi connectivity index (χ2v) is 8.39. The Morgan fingerprint density at radius 2 is 2.19 bits per heavy atom. The fourth-order valence-electron chi connectivity index (χ4n) is 2.71. The molecule has 26 heavy (non-hydrogen) atoms. The third-order valence-electron chi connectivity index (χ3n) is 4.44. The molecule has 5 N–H and O–H groups in total. The van der Waals surface area contributed by atoms with Gasteiger partial charge in [0.1, 0.15) is 5.54 Å². The van der Waals surface area contributed by atoms with Gasteiger partial charge in [0.05, 0.1) is 16.3 Å². The van der Waals surface area contributed by atoms with Gasteiger partial charge in [-0.3, -0.25) is 10.1 Å². The second-order valence-electron chi connectivity index (χ2n) is 6.34. The van der Waals surface area contributed by atoms with E-state index in [1.54, 1.807) is 6.92 Å². The normalized spacial score (nSPS) is 20.3. The summed E-state index contributed by atoms with van der Waals surface area (Å²) in [4.78, 5) is 32.0. The highest BCUT2D eigenvalue weighted by Gasteiger charge is 2.44. The summed E-state index contributed by atoms with van der Waals surface area (Å²) in [5.74, 6) is -0.499. The van der Waals surface area contributed by atoms with E-state index in [4.69, 9.17) is 11.5 Å². The number of anilines is 1. The predicted molar refractivity (Wildman–Crippen MR) is 109 cm³/mol. The number of carbonyl (C=O) groups is 2. The average molecular weight is 396 g/mol. The predicted octanol–water partition coefficient (Wildman–Crippen LogP) is 3.24. The number of thioether (sulfide) groups is 1. The van der Waals surface area contributed by atoms with Crippen molar-refractivity contribution in [3.05, 3.63) is 27.5 Å². The quantitative estimate of drug-likeness (QED) is 0.684. The number of hydrogen-bond acceptors (Lipinski definition) is 6. The number of allylic oxidation sites excluding steroid dienone is 1. The maximum Gasteiger partial charge on any atom is 0.324 e. The topological polar surface area (TPSA) is 114 Å². The van der Waals surface area contributed by atoms with E-state index in [0.29, 0.717) is 23.8 Å². The summed E-state index contributed by atoms with van der Waals surface area (Å²) >= 11 is 2.79. The molecule has 1 saturated heterocycles. The van der Waals surface area contributed by atoms with Gasteiger partial charge in [-0.2, -0.15) is 0 Å². The summed E-state index contributed by atoms with van der Waals surface area (Å²) in [6.45, 7) is 9.98. The number of aromatic nitrogens is 1. The van der Waals surface area contributed by atoms with Gasteiger partial charge in [0.2, 0.25) is 5.91 Å². The number of urea groups is 1. The molecule has 2 rings (SSSR count). The van der Waals surface area contributed by atoms with Crippen molar-refractivity contribution in [2.24, 2.45) is 11.5 Å². The van der Waals surface area contributed by atoms with E-state index < -0.39 is 11.4 Å². The molecular formula is C17H25N5O2S2. The Labute approximate surface area is 161 Å². The molecule has 7 nitrogen and oxygen atoms in total. The molecule has 0 unspecified atom stereocenters. The Morgan fingerprint density at radius 1 is 1.50 bits per heavy atom. The number of nitrogens with one attached hydrogen (secondary N) is 1. The van der Waals surface area contributed by atoms with Crippen LogP contribution in [-0.2, 0) is 4.79 Å². The first-order chi connectivity index (χ1) is 12.2. The lowest BCUT2D eigenvalue weighted by Gasteiger charge is -2.31. The first-order valence-corrected chi connectivity index (χ1v) is 10.0. The molecule has 0 radical (unpaired) electrons. The fourth-order valence-corrected chi connectivity index (χ4v) is 4.24. The highest BCUT2D eigenvalue weighted by molar-refractivity contribution is 8.05. The number of amides is 3. The van der Waals surface area contributed by atoms with Crippen LogP contribution in [0.25, 0.3) is 5.70 Å². The van der Waals surface area contributed by atoms with Crippen LogP contribution in [0.4, 0.5) is 9.93 Å². The highest BCUT2D eigenvalue weighted by atomic mass is 32.2. The Bertz CT molecular complexity index is 758. The van der Waals surface area contributed by atoms with Crippen molar-refractivity contribution in [2.45, 2.75) is 45.6 Å². The molecule has 1 aromatic heterocycles. The summed E-state index contributed by atoms with van der Waals surface area (Å²) in [6, 6.07) is -0.375. The van der Waals surface area contributed by atoms with Gasteiger partial charge in [-0.1, -0.05) is 24.8 Å². The molecule has 1 aromatic rings. The van der Waals surface area contributed by atoms with Crippen molar-refractivity contribution in [2.75, 3.05) is 11.9 Å². The van der Waals surface area contributed by atoms with Crippen molar-refractivity contribution in [3.63, 3.8) is 0 Å². The Morgan fingerprint density at radius 3 is 2.81 bits per heavy atom. The maximum absolute atomic E-state index is 12.6. The van der Waals surface area contributed by atoms with Gasteiger partial charge in [-0.15, -0.1) is 11.8 Å². The molecule has 0 aromatic carbocycles. The molecule has 3 amide bonds. The molecule has 2 heterocycles. The van der Waals surface area contributed by atoms with Crippen LogP contribution in [0.1, 0.15) is 43.7 Å². The molecule has 9 heteroatoms. The smallest absolute Gasteiger partial charge is 0.324 e. The molecule has 0 bridgehead atoms. The van der Waals surface area contributed by atoms with Crippen LogP contribution < -0.4 is 16.8 Å². The van der Waals surface area contributed by atoms with Gasteiger partial charge in [0.15, 0.2) is 5.13 Å². The molecule has 1 fully saturated rings. The van der Waals surface area contributed by atoms with Crippen LogP contribution >= 0.6 is 23.1 Å². The monoisotopic (exact) mass is 395 g/mol. The first-order valence-electron chi connectivity index (χ1n) is 8.35. The van der Waals surface area contributed by atoms with E-state index in [1.807, 2.05) is 19.3 Å². The molecule has 0 spiro atoms. The summed E-state index contributed by atoms with van der Waals surface area (Å²) in [7, 11) is 0. The minimum atomic E-state index is -0.963. The van der Waals surface area contributed by atoms with Crippen molar-refractivity contribution in [1.29, 1.82) is 0 Å². The SMILES string of the molecule is C=C(CC)S/C=C(\N)c1sc(NC(=O)N2CCC[C@@]2(C)C(N)=O)nc1C. The Hall–Kier alpha value is -2.00. The first kappa shape index (κ1) is 20.3. The van der Waals surface area contributed by atoms with Crippen LogP contribution in [0.5, 0.6) is 0 Å². The van der Waals surface area contributed by atoms with Crippen molar-refractivity contribution >= 4 is 45.9 Å². The number of nitrogens with zero attached hydrogens (tertiary/aromatic N) is 2. The third-order valence-corrected chi connectivity index (χ3v) is 6.55. The minimum Gasteiger partial charge on any atom is -0.397 e. The number of hydrogen-bond donors (Lipinski definition) is 3. The summed E-state index contributed by atoms with van der Waals surface area (Å²) < 4.78 is 0. The second kappa shape index (κ2) is 8.13. The van der Waals surface area contributed by atoms with Gasteiger partial charge in [-0.25, -0.2) is 9.78 Å². The number of likely N-dealkylation sites (tertiary alicyclic amines) is 1. The van der Waals surface area contributed by atoms with Gasteiger partial charge >= 0.3 is 6.03 Å². The van der Waals surface area contributed by atoms with Crippen LogP contribution in [0, 0.1) is 6.92 Å². The molecule has 0 aliphatic carbocycles. The van der Waals surface area contributed by atoms with Crippen LogP contribution in [-0.4, -0.2) is 33.9 Å². The van der Waals surface area contributed by atoms with E-state index in [-0.39, 0.29) is 6.03 Å². The Balaban J connectivity index is 2.13. The third kappa shape index (κ3) is 4.21.